The molecule has 0 aliphatic rings. The Hall–Kier alpha value is -2.21. The zero-order valence-electron chi connectivity index (χ0n) is 12.9. The van der Waals surface area contributed by atoms with Crippen molar-refractivity contribution in [2.45, 2.75) is 13.8 Å². The topological polar surface area (TPSA) is 57.1 Å². The van der Waals surface area contributed by atoms with E-state index in [-0.39, 0.29) is 12.0 Å². The van der Waals surface area contributed by atoms with Crippen molar-refractivity contribution in [2.24, 2.45) is 0 Å². The minimum atomic E-state index is 0.285. The van der Waals surface area contributed by atoms with Gasteiger partial charge in [0, 0.05) is 0 Å². The standard InChI is InChI=1S/C15H21N4O2/c1-5-20-14-16-13(17-15(18-14)21-6-2)19(3,4)12-10-8-7-9-11-12/h7-11H,5-6H2,1-4H3/q+1. The van der Waals surface area contributed by atoms with E-state index in [4.69, 9.17) is 9.47 Å². The Morgan fingerprint density at radius 3 is 1.86 bits per heavy atom. The average Bonchev–Trinajstić information content (AvgIpc) is 2.48. The van der Waals surface area contributed by atoms with E-state index >= 15 is 0 Å². The van der Waals surface area contributed by atoms with Gasteiger partial charge in [0.05, 0.1) is 27.3 Å². The molecule has 0 amide bonds. The Morgan fingerprint density at radius 1 is 0.857 bits per heavy atom. The largest absolute Gasteiger partial charge is 0.463 e. The van der Waals surface area contributed by atoms with Crippen LogP contribution in [0.25, 0.3) is 0 Å². The molecule has 112 valence electrons. The first-order valence-corrected chi connectivity index (χ1v) is 6.99. The average molecular weight is 289 g/mol. The monoisotopic (exact) mass is 289 g/mol. The summed E-state index contributed by atoms with van der Waals surface area (Å²) >= 11 is 0. The van der Waals surface area contributed by atoms with E-state index in [2.05, 4.69) is 15.0 Å². The Kier molecular flexibility index (Phi) is 4.70. The highest BCUT2D eigenvalue weighted by atomic mass is 16.5. The van der Waals surface area contributed by atoms with Gasteiger partial charge in [0.15, 0.2) is 0 Å². The molecule has 0 radical (unpaired) electrons. The van der Waals surface area contributed by atoms with Crippen LogP contribution in [0.15, 0.2) is 30.3 Å². The van der Waals surface area contributed by atoms with Gasteiger partial charge in [-0.15, -0.1) is 15.0 Å². The molecule has 0 bridgehead atoms. The second kappa shape index (κ2) is 6.49. The molecule has 1 aromatic carbocycles. The maximum atomic E-state index is 5.41. The summed E-state index contributed by atoms with van der Waals surface area (Å²) in [7, 11) is 4.02. The number of hydrogen-bond acceptors (Lipinski definition) is 5. The third-order valence-electron chi connectivity index (χ3n) is 3.03. The van der Waals surface area contributed by atoms with Crippen LogP contribution < -0.4 is 14.0 Å². The molecule has 0 atom stereocenters. The van der Waals surface area contributed by atoms with Crippen molar-refractivity contribution in [3.63, 3.8) is 0 Å². The van der Waals surface area contributed by atoms with Crippen LogP contribution in [0, 0.1) is 0 Å². The molecule has 0 fully saturated rings. The summed E-state index contributed by atoms with van der Waals surface area (Å²) in [5.41, 5.74) is 1.06. The van der Waals surface area contributed by atoms with Crippen molar-refractivity contribution in [1.29, 1.82) is 0 Å². The van der Waals surface area contributed by atoms with Crippen molar-refractivity contribution in [3.05, 3.63) is 30.3 Å². The Morgan fingerprint density at radius 2 is 1.38 bits per heavy atom. The molecule has 0 saturated carbocycles. The van der Waals surface area contributed by atoms with Gasteiger partial charge in [-0.25, -0.2) is 4.48 Å². The Bertz CT molecular complexity index is 563. The molecular formula is C15H21N4O2+. The molecule has 0 unspecified atom stereocenters. The van der Waals surface area contributed by atoms with Gasteiger partial charge in [0.2, 0.25) is 0 Å². The van der Waals surface area contributed by atoms with Gasteiger partial charge in [-0.2, -0.15) is 0 Å². The van der Waals surface area contributed by atoms with Crippen LogP contribution >= 0.6 is 0 Å². The third-order valence-corrected chi connectivity index (χ3v) is 3.03. The first kappa shape index (κ1) is 15.2. The van der Waals surface area contributed by atoms with Crippen molar-refractivity contribution < 1.29 is 9.47 Å². The van der Waals surface area contributed by atoms with E-state index in [0.29, 0.717) is 23.6 Å². The fraction of sp³-hybridized carbons (Fsp3) is 0.400. The van der Waals surface area contributed by atoms with E-state index in [1.165, 1.54) is 0 Å². The normalized spacial score (nSPS) is 11.2. The molecule has 1 heterocycles. The van der Waals surface area contributed by atoms with Gasteiger partial charge in [-0.05, 0) is 26.0 Å². The second-order valence-electron chi connectivity index (χ2n) is 4.86. The molecule has 6 nitrogen and oxygen atoms in total. The summed E-state index contributed by atoms with van der Waals surface area (Å²) in [5, 5.41) is 0. The zero-order chi connectivity index (χ0) is 15.3. The molecule has 6 heteroatoms. The second-order valence-corrected chi connectivity index (χ2v) is 4.86. The Labute approximate surface area is 125 Å². The quantitative estimate of drug-likeness (QED) is 0.765. The van der Waals surface area contributed by atoms with Crippen LogP contribution in [0.1, 0.15) is 13.8 Å². The number of hydrogen-bond donors (Lipinski definition) is 0. The van der Waals surface area contributed by atoms with Crippen molar-refractivity contribution >= 4 is 11.6 Å². The van der Waals surface area contributed by atoms with Gasteiger partial charge < -0.3 is 9.47 Å². The number of benzene rings is 1. The van der Waals surface area contributed by atoms with E-state index in [9.17, 15) is 0 Å². The van der Waals surface area contributed by atoms with Crippen LogP contribution in [0.5, 0.6) is 12.0 Å². The molecule has 0 saturated heterocycles. The fourth-order valence-corrected chi connectivity index (χ4v) is 1.88. The van der Waals surface area contributed by atoms with Gasteiger partial charge in [-0.3, -0.25) is 0 Å². The maximum absolute atomic E-state index is 5.41. The van der Waals surface area contributed by atoms with Crippen LogP contribution in [-0.2, 0) is 0 Å². The van der Waals surface area contributed by atoms with Gasteiger partial charge in [0.25, 0.3) is 0 Å². The minimum absolute atomic E-state index is 0.285. The summed E-state index contributed by atoms with van der Waals surface area (Å²) in [6, 6.07) is 10.6. The van der Waals surface area contributed by atoms with Gasteiger partial charge in [-0.1, -0.05) is 18.2 Å². The van der Waals surface area contributed by atoms with Crippen molar-refractivity contribution in [1.82, 2.24) is 19.4 Å². The lowest BCUT2D eigenvalue weighted by atomic mass is 10.3. The lowest BCUT2D eigenvalue weighted by molar-refractivity contribution is 0.275. The molecular weight excluding hydrogens is 268 g/mol. The molecule has 0 aliphatic carbocycles. The lowest BCUT2D eigenvalue weighted by Gasteiger charge is -2.26. The summed E-state index contributed by atoms with van der Waals surface area (Å²) in [6.45, 7) is 4.77. The van der Waals surface area contributed by atoms with Crippen molar-refractivity contribution in [2.75, 3.05) is 27.3 Å². The van der Waals surface area contributed by atoms with E-state index < -0.39 is 0 Å². The number of ether oxygens (including phenoxy) is 2. The highest BCUT2D eigenvalue weighted by molar-refractivity contribution is 5.50. The zero-order valence-corrected chi connectivity index (χ0v) is 12.9. The predicted molar refractivity (Wildman–Crippen MR) is 81.9 cm³/mol. The number of nitrogens with zero attached hydrogens (tertiary/aromatic N) is 4. The fourth-order valence-electron chi connectivity index (χ4n) is 1.88. The highest BCUT2D eigenvalue weighted by Crippen LogP contribution is 2.29. The number of quaternary nitrogens is 1. The molecule has 21 heavy (non-hydrogen) atoms. The van der Waals surface area contributed by atoms with E-state index in [1.54, 1.807) is 0 Å². The number of para-hydroxylation sites is 1. The van der Waals surface area contributed by atoms with Gasteiger partial charge >= 0.3 is 18.0 Å². The first-order valence-electron chi connectivity index (χ1n) is 6.99. The van der Waals surface area contributed by atoms with E-state index in [0.717, 1.165) is 5.69 Å². The summed E-state index contributed by atoms with van der Waals surface area (Å²) in [4.78, 5) is 12.9. The summed E-state index contributed by atoms with van der Waals surface area (Å²) in [6.07, 6.45) is 0. The highest BCUT2D eigenvalue weighted by Gasteiger charge is 2.28. The number of aromatic nitrogens is 3. The molecule has 2 aromatic rings. The first-order chi connectivity index (χ1) is 10.1. The smallest absolute Gasteiger partial charge is 0.343 e. The predicted octanol–water partition coefficient (Wildman–Crippen LogP) is 2.57. The van der Waals surface area contributed by atoms with Crippen LogP contribution in [0.3, 0.4) is 0 Å². The SMILES string of the molecule is CCOc1nc(OCC)nc([N+](C)(C)c2ccccc2)n1. The molecule has 1 aromatic heterocycles. The number of rotatable bonds is 6. The minimum Gasteiger partial charge on any atom is -0.463 e. The van der Waals surface area contributed by atoms with Gasteiger partial charge in [0.1, 0.15) is 5.69 Å². The van der Waals surface area contributed by atoms with Crippen LogP contribution in [0.2, 0.25) is 0 Å². The molecule has 0 spiro atoms. The Balaban J connectivity index is 2.45. The molecule has 0 aliphatic heterocycles. The summed E-state index contributed by atoms with van der Waals surface area (Å²) < 4.78 is 11.2. The molecule has 2 rings (SSSR count). The lowest BCUT2D eigenvalue weighted by Crippen LogP contribution is -2.36. The molecule has 0 N–H and O–H groups in total. The van der Waals surface area contributed by atoms with E-state index in [1.807, 2.05) is 58.3 Å². The third kappa shape index (κ3) is 3.46. The van der Waals surface area contributed by atoms with Crippen LogP contribution in [0.4, 0.5) is 11.6 Å². The summed E-state index contributed by atoms with van der Waals surface area (Å²) in [5.74, 6) is 0.572. The maximum Gasteiger partial charge on any atom is 0.343 e. The van der Waals surface area contributed by atoms with Crippen molar-refractivity contribution in [3.8, 4) is 12.0 Å². The van der Waals surface area contributed by atoms with Crippen LogP contribution in [-0.4, -0.2) is 42.3 Å².